The van der Waals surface area contributed by atoms with E-state index in [1.807, 2.05) is 12.1 Å². The topological polar surface area (TPSA) is 169 Å². The van der Waals surface area contributed by atoms with Gasteiger partial charge in [0.15, 0.2) is 0 Å². The lowest BCUT2D eigenvalue weighted by Gasteiger charge is -2.38. The van der Waals surface area contributed by atoms with Gasteiger partial charge >= 0.3 is 6.18 Å². The van der Waals surface area contributed by atoms with Gasteiger partial charge in [0, 0.05) is 49.7 Å². The number of benzene rings is 2. The van der Waals surface area contributed by atoms with E-state index in [4.69, 9.17) is 0 Å². The van der Waals surface area contributed by atoms with Gasteiger partial charge in [0.05, 0.1) is 10.5 Å². The molecule has 17 heteroatoms. The Kier molecular flexibility index (Phi) is 12.3. The minimum absolute atomic E-state index is 0.000936. The fourth-order valence-electron chi connectivity index (χ4n) is 8.82. The molecule has 1 unspecified atom stereocenters. The van der Waals surface area contributed by atoms with Crippen molar-refractivity contribution in [3.63, 3.8) is 0 Å². The SMILES string of the molecule is Cc1cc(S(=O)(=O)NC2CCC(CN3CCC(c4cccc(NC5CCC(=O)NC5=O)c4)CC3)CC2)ccc1Nc1ncc(C(F)(F)F)c(N2CCC[C@](C)(O)C2)n1. The van der Waals surface area contributed by atoms with Gasteiger partial charge in [-0.1, -0.05) is 12.1 Å². The summed E-state index contributed by atoms with van der Waals surface area (Å²) < 4.78 is 71.6. The van der Waals surface area contributed by atoms with Crippen molar-refractivity contribution < 1.29 is 36.3 Å². The third-order valence-electron chi connectivity index (χ3n) is 12.0. The zero-order valence-corrected chi connectivity index (χ0v) is 33.8. The first-order chi connectivity index (χ1) is 27.5. The molecule has 0 radical (unpaired) electrons. The number of imide groups is 1. The number of β-amino-alcohol motifs (C(OH)–C–C–N with tert-alkyl or cyclic N) is 1. The van der Waals surface area contributed by atoms with E-state index < -0.39 is 33.4 Å². The number of aromatic nitrogens is 2. The maximum Gasteiger partial charge on any atom is 0.421 e. The van der Waals surface area contributed by atoms with Gasteiger partial charge in [-0.2, -0.15) is 18.2 Å². The Morgan fingerprint density at radius 2 is 1.76 bits per heavy atom. The lowest BCUT2D eigenvalue weighted by atomic mass is 9.84. The summed E-state index contributed by atoms with van der Waals surface area (Å²) >= 11 is 0. The van der Waals surface area contributed by atoms with E-state index in [9.17, 15) is 36.3 Å². The molecule has 7 rings (SSSR count). The van der Waals surface area contributed by atoms with Gasteiger partial charge in [0.25, 0.3) is 0 Å². The predicted octanol–water partition coefficient (Wildman–Crippen LogP) is 5.83. The largest absolute Gasteiger partial charge is 0.421 e. The summed E-state index contributed by atoms with van der Waals surface area (Å²) in [5.41, 5.74) is 1.00. The van der Waals surface area contributed by atoms with Crippen LogP contribution in [0.4, 0.5) is 36.3 Å². The minimum atomic E-state index is -4.69. The van der Waals surface area contributed by atoms with Crippen molar-refractivity contribution in [2.45, 2.75) is 113 Å². The lowest BCUT2D eigenvalue weighted by molar-refractivity contribution is -0.138. The summed E-state index contributed by atoms with van der Waals surface area (Å²) in [7, 11) is -3.83. The second-order valence-electron chi connectivity index (χ2n) is 16.7. The van der Waals surface area contributed by atoms with Crippen LogP contribution in [0.25, 0.3) is 0 Å². The molecule has 4 fully saturated rings. The van der Waals surface area contributed by atoms with Crippen LogP contribution in [0.15, 0.2) is 53.6 Å². The number of hydrogen-bond donors (Lipinski definition) is 5. The maximum atomic E-state index is 13.9. The summed E-state index contributed by atoms with van der Waals surface area (Å²) in [6, 6.07) is 12.2. The third-order valence-corrected chi connectivity index (χ3v) is 13.5. The number of aliphatic hydroxyl groups is 1. The number of likely N-dealkylation sites (tertiary alicyclic amines) is 1. The standard InChI is InChI=1S/C41H53F3N8O5S/c1-26-21-32(11-12-34(26)47-39-45-23-33(41(42,43)44)37(49-39)52-18-4-17-40(2,55)25-52)58(56,57)50-30-9-7-27(8-10-30)24-51-19-15-28(16-20-51)29-5-3-6-31(22-29)46-35-13-14-36(53)48-38(35)54/h3,5-6,11-12,21-23,27-28,30,35,46,50,55H,4,7-10,13-20,24-25H2,1-2H3,(H,45,47,49)(H,48,53,54)/t27?,30?,35?,40-/m0/s1. The van der Waals surface area contributed by atoms with Crippen LogP contribution in [0.2, 0.25) is 0 Å². The molecule has 1 aromatic heterocycles. The molecule has 3 aromatic rings. The van der Waals surface area contributed by atoms with E-state index in [-0.39, 0.29) is 41.1 Å². The van der Waals surface area contributed by atoms with E-state index in [0.717, 1.165) is 70.0 Å². The van der Waals surface area contributed by atoms with Crippen molar-refractivity contribution in [1.82, 2.24) is 24.9 Å². The second kappa shape index (κ2) is 17.1. The van der Waals surface area contributed by atoms with Crippen molar-refractivity contribution >= 4 is 45.0 Å². The number of rotatable bonds is 11. The van der Waals surface area contributed by atoms with Crippen LogP contribution >= 0.6 is 0 Å². The molecule has 2 aromatic carbocycles. The van der Waals surface area contributed by atoms with Gasteiger partial charge < -0.3 is 25.5 Å². The quantitative estimate of drug-likeness (QED) is 0.148. The molecule has 2 amide bonds. The highest BCUT2D eigenvalue weighted by molar-refractivity contribution is 7.89. The molecule has 13 nitrogen and oxygen atoms in total. The Morgan fingerprint density at radius 3 is 2.45 bits per heavy atom. The number of hydrogen-bond acceptors (Lipinski definition) is 11. The van der Waals surface area contributed by atoms with Crippen LogP contribution in [-0.4, -0.2) is 90.6 Å². The zero-order valence-electron chi connectivity index (χ0n) is 32.9. The highest BCUT2D eigenvalue weighted by Crippen LogP contribution is 2.38. The Bertz CT molecular complexity index is 2090. The molecule has 5 N–H and O–H groups in total. The zero-order chi connectivity index (χ0) is 41.2. The van der Waals surface area contributed by atoms with Crippen molar-refractivity contribution in [2.24, 2.45) is 5.92 Å². The van der Waals surface area contributed by atoms with E-state index in [0.29, 0.717) is 55.3 Å². The molecule has 3 aliphatic heterocycles. The average Bonchev–Trinajstić information content (AvgIpc) is 3.17. The smallest absolute Gasteiger partial charge is 0.388 e. The molecular weight excluding hydrogens is 774 g/mol. The van der Waals surface area contributed by atoms with Crippen LogP contribution in [0.3, 0.4) is 0 Å². The van der Waals surface area contributed by atoms with Crippen LogP contribution in [-0.2, 0) is 25.8 Å². The number of alkyl halides is 3. The lowest BCUT2D eigenvalue weighted by Crippen LogP contribution is -2.47. The number of anilines is 4. The fraction of sp³-hybridized carbons (Fsp3) is 0.561. The van der Waals surface area contributed by atoms with Gasteiger partial charge in [-0.15, -0.1) is 0 Å². The number of nitrogens with one attached hydrogen (secondary N) is 4. The van der Waals surface area contributed by atoms with Gasteiger partial charge in [-0.25, -0.2) is 18.1 Å². The van der Waals surface area contributed by atoms with Crippen LogP contribution in [0, 0.1) is 12.8 Å². The van der Waals surface area contributed by atoms with Gasteiger partial charge in [0.1, 0.15) is 17.4 Å². The van der Waals surface area contributed by atoms with Crippen molar-refractivity contribution in [3.8, 4) is 0 Å². The fourth-order valence-corrected chi connectivity index (χ4v) is 10.2. The number of carbonyl (C=O) groups is 2. The van der Waals surface area contributed by atoms with Crippen LogP contribution < -0.4 is 25.6 Å². The number of amides is 2. The molecule has 3 saturated heterocycles. The number of sulfonamides is 1. The molecule has 1 saturated carbocycles. The number of nitrogens with zero attached hydrogens (tertiary/aromatic N) is 4. The summed E-state index contributed by atoms with van der Waals surface area (Å²) in [4.78, 5) is 35.9. The highest BCUT2D eigenvalue weighted by atomic mass is 32.2. The molecule has 4 heterocycles. The van der Waals surface area contributed by atoms with E-state index in [2.05, 4.69) is 47.7 Å². The molecule has 2 atom stereocenters. The van der Waals surface area contributed by atoms with Gasteiger partial charge in [-0.05, 0) is 138 Å². The Labute approximate surface area is 337 Å². The number of aryl methyl sites for hydroxylation is 1. The monoisotopic (exact) mass is 826 g/mol. The molecule has 58 heavy (non-hydrogen) atoms. The predicted molar refractivity (Wildman–Crippen MR) is 214 cm³/mol. The van der Waals surface area contributed by atoms with E-state index >= 15 is 0 Å². The van der Waals surface area contributed by atoms with Crippen molar-refractivity contribution in [3.05, 3.63) is 65.4 Å². The summed E-state index contributed by atoms with van der Waals surface area (Å²) in [5.74, 6) is 0.0157. The first-order valence-electron chi connectivity index (χ1n) is 20.3. The van der Waals surface area contributed by atoms with E-state index in [1.54, 1.807) is 19.9 Å². The highest BCUT2D eigenvalue weighted by Gasteiger charge is 2.39. The maximum absolute atomic E-state index is 13.9. The van der Waals surface area contributed by atoms with E-state index in [1.165, 1.54) is 22.6 Å². The first kappa shape index (κ1) is 41.8. The van der Waals surface area contributed by atoms with Gasteiger partial charge in [0.2, 0.25) is 27.8 Å². The second-order valence-corrected chi connectivity index (χ2v) is 18.5. The van der Waals surface area contributed by atoms with Crippen molar-refractivity contribution in [2.75, 3.05) is 48.3 Å². The Morgan fingerprint density at radius 1 is 1.00 bits per heavy atom. The Balaban J connectivity index is 0.884. The van der Waals surface area contributed by atoms with Crippen LogP contribution in [0.1, 0.15) is 93.7 Å². The molecular formula is C41H53F3N8O5S. The van der Waals surface area contributed by atoms with Crippen molar-refractivity contribution in [1.29, 1.82) is 0 Å². The van der Waals surface area contributed by atoms with Gasteiger partial charge in [-0.3, -0.25) is 14.9 Å². The first-order valence-corrected chi connectivity index (χ1v) is 21.7. The molecule has 314 valence electrons. The summed E-state index contributed by atoms with van der Waals surface area (Å²) in [6.07, 6.45) is 3.24. The summed E-state index contributed by atoms with van der Waals surface area (Å²) in [6.45, 7) is 6.57. The molecule has 0 bridgehead atoms. The molecule has 1 aliphatic carbocycles. The average molecular weight is 827 g/mol. The number of carbonyl (C=O) groups excluding carboxylic acids is 2. The Hall–Kier alpha value is -4.32. The minimum Gasteiger partial charge on any atom is -0.388 e. The summed E-state index contributed by atoms with van der Waals surface area (Å²) in [5, 5.41) is 19.2. The van der Waals surface area contributed by atoms with Crippen LogP contribution in [0.5, 0.6) is 0 Å². The molecule has 4 aliphatic rings. The third kappa shape index (κ3) is 10.3. The molecule has 0 spiro atoms. The number of halogens is 3. The number of piperidine rings is 3. The normalized spacial score (nSPS) is 25.3.